The van der Waals surface area contributed by atoms with Crippen molar-refractivity contribution >= 4 is 23.3 Å². The molecule has 0 saturated heterocycles. The first-order valence-corrected chi connectivity index (χ1v) is 6.36. The van der Waals surface area contributed by atoms with E-state index < -0.39 is 17.5 Å². The van der Waals surface area contributed by atoms with Crippen molar-refractivity contribution < 1.29 is 17.9 Å². The lowest BCUT2D eigenvalue weighted by molar-refractivity contribution is 0.415. The second-order valence-corrected chi connectivity index (χ2v) is 4.75. The third-order valence-corrected chi connectivity index (χ3v) is 3.40. The molecular weight excluding hydrogens is 301 g/mol. The van der Waals surface area contributed by atoms with Crippen LogP contribution in [0, 0.1) is 22.2 Å². The van der Waals surface area contributed by atoms with Crippen molar-refractivity contribution in [3.8, 4) is 11.4 Å². The highest BCUT2D eigenvalue weighted by Crippen LogP contribution is 2.26. The van der Waals surface area contributed by atoms with E-state index in [4.69, 9.17) is 17.0 Å². The Labute approximate surface area is 122 Å². The van der Waals surface area contributed by atoms with Crippen LogP contribution in [0.4, 0.5) is 13.2 Å². The second-order valence-electron chi connectivity index (χ2n) is 4.37. The number of fused-ring (bicyclic) bond motifs is 1. The van der Waals surface area contributed by atoms with Gasteiger partial charge < -0.3 is 9.72 Å². The van der Waals surface area contributed by atoms with Crippen LogP contribution in [0.5, 0.6) is 5.75 Å². The van der Waals surface area contributed by atoms with E-state index in [2.05, 4.69) is 4.98 Å². The standard InChI is InChI=1S/C14H9F3N2OS/c1-20-7-2-3-12-11(4-7)18-14(21)19(12)13-6-9(16)8(15)5-10(13)17/h2-6H,1H3,(H,18,21). The van der Waals surface area contributed by atoms with Crippen LogP contribution in [0.1, 0.15) is 0 Å². The third kappa shape index (κ3) is 2.19. The van der Waals surface area contributed by atoms with E-state index in [1.807, 2.05) is 0 Å². The summed E-state index contributed by atoms with van der Waals surface area (Å²) in [6.45, 7) is 0. The molecule has 7 heteroatoms. The molecule has 21 heavy (non-hydrogen) atoms. The van der Waals surface area contributed by atoms with Gasteiger partial charge >= 0.3 is 0 Å². The topological polar surface area (TPSA) is 29.9 Å². The smallest absolute Gasteiger partial charge is 0.182 e. The lowest BCUT2D eigenvalue weighted by atomic mass is 10.2. The lowest BCUT2D eigenvalue weighted by Crippen LogP contribution is -2.00. The number of methoxy groups -OCH3 is 1. The van der Waals surface area contributed by atoms with Crippen LogP contribution in [0.3, 0.4) is 0 Å². The van der Waals surface area contributed by atoms with Gasteiger partial charge in [0.15, 0.2) is 16.4 Å². The fourth-order valence-electron chi connectivity index (χ4n) is 2.14. The van der Waals surface area contributed by atoms with Crippen molar-refractivity contribution in [3.63, 3.8) is 0 Å². The highest BCUT2D eigenvalue weighted by atomic mass is 32.1. The van der Waals surface area contributed by atoms with Gasteiger partial charge in [-0.1, -0.05) is 0 Å². The molecular formula is C14H9F3N2OS. The number of hydrogen-bond acceptors (Lipinski definition) is 2. The number of nitrogens with zero attached hydrogens (tertiary/aromatic N) is 1. The Bertz CT molecular complexity index is 901. The SMILES string of the molecule is COc1ccc2c(c1)[nH]c(=S)n2-c1cc(F)c(F)cc1F. The zero-order valence-corrected chi connectivity index (χ0v) is 11.6. The fraction of sp³-hybridized carbons (Fsp3) is 0.0714. The number of rotatable bonds is 2. The van der Waals surface area contributed by atoms with Crippen molar-refractivity contribution in [3.05, 3.63) is 52.6 Å². The summed E-state index contributed by atoms with van der Waals surface area (Å²) in [4.78, 5) is 2.88. The van der Waals surface area contributed by atoms with Gasteiger partial charge in [-0.3, -0.25) is 4.57 Å². The van der Waals surface area contributed by atoms with Gasteiger partial charge in [0.25, 0.3) is 0 Å². The molecule has 1 heterocycles. The number of nitrogens with one attached hydrogen (secondary N) is 1. The maximum absolute atomic E-state index is 13.9. The van der Waals surface area contributed by atoms with Gasteiger partial charge in [0, 0.05) is 18.2 Å². The first kappa shape index (κ1) is 13.7. The number of aromatic amines is 1. The average molecular weight is 310 g/mol. The Morgan fingerprint density at radius 1 is 1.05 bits per heavy atom. The molecule has 0 radical (unpaired) electrons. The molecule has 3 aromatic rings. The molecule has 0 saturated carbocycles. The molecule has 1 aromatic heterocycles. The summed E-state index contributed by atoms with van der Waals surface area (Å²) in [6.07, 6.45) is 0. The Hall–Kier alpha value is -2.28. The summed E-state index contributed by atoms with van der Waals surface area (Å²) >= 11 is 5.13. The maximum atomic E-state index is 13.9. The summed E-state index contributed by atoms with van der Waals surface area (Å²) in [5, 5.41) is 0. The molecule has 0 fully saturated rings. The van der Waals surface area contributed by atoms with E-state index in [0.717, 1.165) is 6.07 Å². The van der Waals surface area contributed by atoms with Gasteiger partial charge in [0.05, 0.1) is 23.8 Å². The summed E-state index contributed by atoms with van der Waals surface area (Å²) in [7, 11) is 1.52. The van der Waals surface area contributed by atoms with Crippen molar-refractivity contribution in [1.82, 2.24) is 9.55 Å². The van der Waals surface area contributed by atoms with Crippen LogP contribution in [-0.4, -0.2) is 16.7 Å². The van der Waals surface area contributed by atoms with Gasteiger partial charge in [0.1, 0.15) is 11.6 Å². The van der Waals surface area contributed by atoms with Crippen molar-refractivity contribution in [2.24, 2.45) is 0 Å². The molecule has 1 N–H and O–H groups in total. The summed E-state index contributed by atoms with van der Waals surface area (Å²) in [5.41, 5.74) is 0.976. The van der Waals surface area contributed by atoms with Crippen LogP contribution >= 0.6 is 12.2 Å². The molecule has 0 atom stereocenters. The molecule has 108 valence electrons. The number of hydrogen-bond donors (Lipinski definition) is 1. The average Bonchev–Trinajstić information content (AvgIpc) is 2.77. The summed E-state index contributed by atoms with van der Waals surface area (Å²) in [6, 6.07) is 6.27. The van der Waals surface area contributed by atoms with Gasteiger partial charge in [-0.15, -0.1) is 0 Å². The minimum absolute atomic E-state index is 0.157. The van der Waals surface area contributed by atoms with Crippen molar-refractivity contribution in [2.45, 2.75) is 0 Å². The number of halogens is 3. The molecule has 3 rings (SSSR count). The van der Waals surface area contributed by atoms with Crippen molar-refractivity contribution in [2.75, 3.05) is 7.11 Å². The van der Waals surface area contributed by atoms with Crippen LogP contribution in [0.25, 0.3) is 16.7 Å². The lowest BCUT2D eigenvalue weighted by Gasteiger charge is -2.07. The molecule has 0 aliphatic heterocycles. The van der Waals surface area contributed by atoms with E-state index in [1.165, 1.54) is 11.7 Å². The van der Waals surface area contributed by atoms with E-state index in [9.17, 15) is 13.2 Å². The van der Waals surface area contributed by atoms with Crippen molar-refractivity contribution in [1.29, 1.82) is 0 Å². The third-order valence-electron chi connectivity index (χ3n) is 3.12. The summed E-state index contributed by atoms with van der Waals surface area (Å²) in [5.74, 6) is -2.70. The number of H-pyrrole nitrogens is 1. The highest BCUT2D eigenvalue weighted by Gasteiger charge is 2.15. The van der Waals surface area contributed by atoms with Crippen LogP contribution in [0.15, 0.2) is 30.3 Å². The number of aromatic nitrogens is 2. The first-order valence-electron chi connectivity index (χ1n) is 5.95. The molecule has 0 unspecified atom stereocenters. The Morgan fingerprint density at radius 3 is 2.48 bits per heavy atom. The van der Waals surface area contributed by atoms with Gasteiger partial charge in [-0.05, 0) is 24.4 Å². The highest BCUT2D eigenvalue weighted by molar-refractivity contribution is 7.71. The molecule has 0 bridgehead atoms. The zero-order chi connectivity index (χ0) is 15.1. The van der Waals surface area contributed by atoms with E-state index in [0.29, 0.717) is 22.8 Å². The molecule has 0 aliphatic carbocycles. The Kier molecular flexibility index (Phi) is 3.21. The largest absolute Gasteiger partial charge is 0.497 e. The van der Waals surface area contributed by atoms with Crippen LogP contribution in [0.2, 0.25) is 0 Å². The minimum Gasteiger partial charge on any atom is -0.497 e. The van der Waals surface area contributed by atoms with E-state index >= 15 is 0 Å². The molecule has 0 aliphatic rings. The number of benzene rings is 2. The fourth-order valence-corrected chi connectivity index (χ4v) is 2.45. The molecule has 0 spiro atoms. The normalized spacial score (nSPS) is 11.0. The van der Waals surface area contributed by atoms with Gasteiger partial charge in [0.2, 0.25) is 0 Å². The van der Waals surface area contributed by atoms with Crippen LogP contribution < -0.4 is 4.74 Å². The predicted molar refractivity (Wildman–Crippen MR) is 74.9 cm³/mol. The van der Waals surface area contributed by atoms with E-state index in [-0.39, 0.29) is 10.5 Å². The monoisotopic (exact) mass is 310 g/mol. The molecule has 0 amide bonds. The molecule has 2 aromatic carbocycles. The Balaban J connectivity index is 2.33. The zero-order valence-electron chi connectivity index (χ0n) is 10.8. The maximum Gasteiger partial charge on any atom is 0.182 e. The van der Waals surface area contributed by atoms with Crippen LogP contribution in [-0.2, 0) is 0 Å². The van der Waals surface area contributed by atoms with Gasteiger partial charge in [-0.25, -0.2) is 13.2 Å². The minimum atomic E-state index is -1.25. The Morgan fingerprint density at radius 2 is 1.76 bits per heavy atom. The number of imidazole rings is 1. The van der Waals surface area contributed by atoms with E-state index in [1.54, 1.807) is 18.2 Å². The van der Waals surface area contributed by atoms with Gasteiger partial charge in [-0.2, -0.15) is 0 Å². The second kappa shape index (κ2) is 4.92. The quantitative estimate of drug-likeness (QED) is 0.570. The number of ether oxygens (including phenoxy) is 1. The first-order chi connectivity index (χ1) is 10.0. The predicted octanol–water partition coefficient (Wildman–Crippen LogP) is 4.11. The molecule has 3 nitrogen and oxygen atoms in total. The summed E-state index contributed by atoms with van der Waals surface area (Å²) < 4.78 is 46.9.